The van der Waals surface area contributed by atoms with Crippen molar-refractivity contribution >= 4 is 27.3 Å². The van der Waals surface area contributed by atoms with Crippen LogP contribution in [0.1, 0.15) is 25.7 Å². The second-order valence-electron chi connectivity index (χ2n) is 5.27. The van der Waals surface area contributed by atoms with Gasteiger partial charge in [-0.3, -0.25) is 0 Å². The van der Waals surface area contributed by atoms with Crippen LogP contribution < -0.4 is 10.6 Å². The van der Waals surface area contributed by atoms with Crippen molar-refractivity contribution in [2.24, 2.45) is 5.41 Å². The van der Waals surface area contributed by atoms with E-state index in [1.165, 1.54) is 44.5 Å². The largest absolute Gasteiger partial charge is 0.399 e. The molecule has 0 radical (unpaired) electrons. The molecule has 1 saturated heterocycles. The maximum atomic E-state index is 5.84. The number of hydrogen-bond acceptors (Lipinski definition) is 2. The molecular formula is C13H17BrN2. The average molecular weight is 281 g/mol. The second-order valence-corrected chi connectivity index (χ2v) is 6.13. The summed E-state index contributed by atoms with van der Waals surface area (Å²) in [5, 5.41) is 0. The number of nitrogens with zero attached hydrogens (tertiary/aromatic N) is 1. The van der Waals surface area contributed by atoms with E-state index < -0.39 is 0 Å². The summed E-state index contributed by atoms with van der Waals surface area (Å²) in [5.41, 5.74) is 8.60. The number of anilines is 2. The van der Waals surface area contributed by atoms with Crippen molar-refractivity contribution in [2.75, 3.05) is 23.7 Å². The van der Waals surface area contributed by atoms with Gasteiger partial charge in [-0.1, -0.05) is 12.8 Å². The fourth-order valence-electron chi connectivity index (χ4n) is 3.15. The lowest BCUT2D eigenvalue weighted by Crippen LogP contribution is -2.55. The molecule has 1 aromatic rings. The van der Waals surface area contributed by atoms with E-state index in [1.807, 2.05) is 12.1 Å². The zero-order valence-electron chi connectivity index (χ0n) is 9.38. The molecule has 2 aliphatic rings. The van der Waals surface area contributed by atoms with Crippen LogP contribution in [0.2, 0.25) is 0 Å². The summed E-state index contributed by atoms with van der Waals surface area (Å²) in [7, 11) is 0. The van der Waals surface area contributed by atoms with Crippen molar-refractivity contribution < 1.29 is 0 Å². The third-order valence-corrected chi connectivity index (χ3v) is 4.70. The van der Waals surface area contributed by atoms with Gasteiger partial charge in [0.15, 0.2) is 0 Å². The summed E-state index contributed by atoms with van der Waals surface area (Å²) >= 11 is 3.61. The molecule has 0 atom stereocenters. The van der Waals surface area contributed by atoms with Gasteiger partial charge in [0.25, 0.3) is 0 Å². The van der Waals surface area contributed by atoms with E-state index in [2.05, 4.69) is 26.9 Å². The van der Waals surface area contributed by atoms with Crippen LogP contribution in [0.15, 0.2) is 22.7 Å². The minimum Gasteiger partial charge on any atom is -0.399 e. The van der Waals surface area contributed by atoms with Crippen molar-refractivity contribution in [3.05, 3.63) is 22.7 Å². The minimum atomic E-state index is 0.643. The molecule has 0 amide bonds. The van der Waals surface area contributed by atoms with Crippen molar-refractivity contribution in [3.63, 3.8) is 0 Å². The van der Waals surface area contributed by atoms with Gasteiger partial charge >= 0.3 is 0 Å². The van der Waals surface area contributed by atoms with Gasteiger partial charge in [0.1, 0.15) is 0 Å². The number of hydrogen-bond donors (Lipinski definition) is 1. The molecule has 2 nitrogen and oxygen atoms in total. The smallest absolute Gasteiger partial charge is 0.0531 e. The minimum absolute atomic E-state index is 0.643. The zero-order chi connectivity index (χ0) is 11.2. The highest BCUT2D eigenvalue weighted by Crippen LogP contribution is 2.48. The van der Waals surface area contributed by atoms with E-state index in [4.69, 9.17) is 5.73 Å². The van der Waals surface area contributed by atoms with Crippen molar-refractivity contribution in [3.8, 4) is 0 Å². The van der Waals surface area contributed by atoms with Crippen LogP contribution in [0.4, 0.5) is 11.4 Å². The number of nitrogens with two attached hydrogens (primary N) is 1. The van der Waals surface area contributed by atoms with Crippen LogP contribution in [0.5, 0.6) is 0 Å². The van der Waals surface area contributed by atoms with Crippen molar-refractivity contribution in [1.29, 1.82) is 0 Å². The molecule has 3 heteroatoms. The Bertz CT molecular complexity index is 402. The van der Waals surface area contributed by atoms with Gasteiger partial charge < -0.3 is 10.6 Å². The molecule has 1 heterocycles. The third-order valence-electron chi connectivity index (χ3n) is 4.03. The Morgan fingerprint density at radius 1 is 1.19 bits per heavy atom. The molecule has 3 rings (SSSR count). The Labute approximate surface area is 105 Å². The first-order chi connectivity index (χ1) is 7.69. The molecule has 2 fully saturated rings. The van der Waals surface area contributed by atoms with Crippen LogP contribution in [0.25, 0.3) is 0 Å². The maximum Gasteiger partial charge on any atom is 0.0531 e. The predicted octanol–water partition coefficient (Wildman–Crippen LogP) is 3.41. The van der Waals surface area contributed by atoms with Crippen LogP contribution >= 0.6 is 15.9 Å². The van der Waals surface area contributed by atoms with Crippen LogP contribution in [-0.2, 0) is 0 Å². The monoisotopic (exact) mass is 280 g/mol. The van der Waals surface area contributed by atoms with Gasteiger partial charge in [0.2, 0.25) is 0 Å². The Balaban J connectivity index is 1.78. The summed E-state index contributed by atoms with van der Waals surface area (Å²) in [6.07, 6.45) is 5.69. The molecular weight excluding hydrogens is 264 g/mol. The fraction of sp³-hybridized carbons (Fsp3) is 0.538. The van der Waals surface area contributed by atoms with E-state index in [1.54, 1.807) is 0 Å². The first-order valence-corrected chi connectivity index (χ1v) is 6.78. The number of benzene rings is 1. The van der Waals surface area contributed by atoms with Crippen molar-refractivity contribution in [2.45, 2.75) is 25.7 Å². The molecule has 1 spiro atoms. The molecule has 0 bridgehead atoms. The Morgan fingerprint density at radius 2 is 1.88 bits per heavy atom. The number of rotatable bonds is 1. The van der Waals surface area contributed by atoms with Crippen LogP contribution in [-0.4, -0.2) is 13.1 Å². The van der Waals surface area contributed by atoms with Gasteiger partial charge in [-0.2, -0.15) is 0 Å². The highest BCUT2D eigenvalue weighted by Gasteiger charge is 2.44. The molecule has 16 heavy (non-hydrogen) atoms. The normalized spacial score (nSPS) is 22.4. The Morgan fingerprint density at radius 3 is 2.56 bits per heavy atom. The van der Waals surface area contributed by atoms with Gasteiger partial charge in [-0.05, 0) is 47.0 Å². The topological polar surface area (TPSA) is 29.3 Å². The lowest BCUT2D eigenvalue weighted by molar-refractivity contribution is 0.222. The lowest BCUT2D eigenvalue weighted by Gasteiger charge is -2.50. The van der Waals surface area contributed by atoms with E-state index in [0.29, 0.717) is 5.41 Å². The van der Waals surface area contributed by atoms with Crippen LogP contribution in [0, 0.1) is 5.41 Å². The van der Waals surface area contributed by atoms with E-state index in [0.717, 1.165) is 10.2 Å². The first-order valence-electron chi connectivity index (χ1n) is 5.99. The van der Waals surface area contributed by atoms with Crippen molar-refractivity contribution in [1.82, 2.24) is 0 Å². The van der Waals surface area contributed by atoms with Crippen LogP contribution in [0.3, 0.4) is 0 Å². The SMILES string of the molecule is Nc1ccc(Br)c(N2CC3(CCCC3)C2)c1. The molecule has 2 N–H and O–H groups in total. The van der Waals surface area contributed by atoms with Gasteiger partial charge in [0, 0.05) is 28.7 Å². The maximum absolute atomic E-state index is 5.84. The zero-order valence-corrected chi connectivity index (χ0v) is 11.0. The van der Waals surface area contributed by atoms with Gasteiger partial charge in [-0.25, -0.2) is 0 Å². The van der Waals surface area contributed by atoms with Gasteiger partial charge in [-0.15, -0.1) is 0 Å². The molecule has 1 aromatic carbocycles. The summed E-state index contributed by atoms with van der Waals surface area (Å²) in [6, 6.07) is 6.06. The highest BCUT2D eigenvalue weighted by atomic mass is 79.9. The Hall–Kier alpha value is -0.700. The average Bonchev–Trinajstić information content (AvgIpc) is 2.68. The Kier molecular flexibility index (Phi) is 2.39. The quantitative estimate of drug-likeness (QED) is 0.799. The summed E-state index contributed by atoms with van der Waals surface area (Å²) < 4.78 is 1.16. The molecule has 1 aliphatic heterocycles. The number of halogens is 1. The van der Waals surface area contributed by atoms with E-state index >= 15 is 0 Å². The predicted molar refractivity (Wildman–Crippen MR) is 71.7 cm³/mol. The summed E-state index contributed by atoms with van der Waals surface area (Å²) in [6.45, 7) is 2.43. The van der Waals surface area contributed by atoms with Gasteiger partial charge in [0.05, 0.1) is 5.69 Å². The first kappa shape index (κ1) is 10.5. The van der Waals surface area contributed by atoms with E-state index in [9.17, 15) is 0 Å². The molecule has 0 aromatic heterocycles. The van der Waals surface area contributed by atoms with E-state index in [-0.39, 0.29) is 0 Å². The summed E-state index contributed by atoms with van der Waals surface area (Å²) in [5.74, 6) is 0. The molecule has 1 saturated carbocycles. The third kappa shape index (κ3) is 1.61. The second kappa shape index (κ2) is 3.66. The highest BCUT2D eigenvalue weighted by molar-refractivity contribution is 9.10. The number of nitrogen functional groups attached to an aromatic ring is 1. The summed E-state index contributed by atoms with van der Waals surface area (Å²) in [4.78, 5) is 2.45. The lowest BCUT2D eigenvalue weighted by atomic mass is 9.78. The molecule has 1 aliphatic carbocycles. The fourth-order valence-corrected chi connectivity index (χ4v) is 3.64. The molecule has 0 unspecified atom stereocenters. The molecule has 86 valence electrons. The standard InChI is InChI=1S/C13H17BrN2/c14-11-4-3-10(15)7-12(11)16-8-13(9-16)5-1-2-6-13/h3-4,7H,1-2,5-6,8-9,15H2.